The number of likely N-dealkylation sites (tertiary alicyclic amines) is 1. The minimum Gasteiger partial charge on any atom is -0.347 e. The van der Waals surface area contributed by atoms with E-state index in [0.29, 0.717) is 39.1 Å². The van der Waals surface area contributed by atoms with Gasteiger partial charge in [0.2, 0.25) is 0 Å². The zero-order chi connectivity index (χ0) is 17.9. The van der Waals surface area contributed by atoms with Crippen LogP contribution in [-0.2, 0) is 31.9 Å². The molecule has 0 aliphatic carbocycles. The Hall–Kier alpha value is -1.92. The highest BCUT2D eigenvalue weighted by atomic mass is 16.7. The molecule has 3 rings (SSSR count). The molecule has 6 nitrogen and oxygen atoms in total. The van der Waals surface area contributed by atoms with Gasteiger partial charge in [0.05, 0.1) is 13.2 Å². The summed E-state index contributed by atoms with van der Waals surface area (Å²) < 4.78 is 11.3. The normalized spacial score (nSPS) is 19.2. The van der Waals surface area contributed by atoms with Gasteiger partial charge in [-0.15, -0.1) is 0 Å². The SMILES string of the molecule is CCc1cccc(CC)c1NC(=O)C(=O)N1CCC2(CC1)OCCO2. The summed E-state index contributed by atoms with van der Waals surface area (Å²) in [5.41, 5.74) is 2.87. The Morgan fingerprint density at radius 3 is 2.16 bits per heavy atom. The summed E-state index contributed by atoms with van der Waals surface area (Å²) in [6.45, 7) is 6.23. The maximum atomic E-state index is 12.5. The lowest BCUT2D eigenvalue weighted by Gasteiger charge is -2.37. The molecule has 2 aliphatic heterocycles. The minimum absolute atomic E-state index is 0.475. The predicted octanol–water partition coefficient (Wildman–Crippen LogP) is 2.12. The maximum absolute atomic E-state index is 12.5. The quantitative estimate of drug-likeness (QED) is 0.851. The number of benzene rings is 1. The number of nitrogens with zero attached hydrogens (tertiary/aromatic N) is 1. The van der Waals surface area contributed by atoms with E-state index in [-0.39, 0.29) is 0 Å². The Bertz CT molecular complexity index is 621. The summed E-state index contributed by atoms with van der Waals surface area (Å²) in [6, 6.07) is 5.96. The van der Waals surface area contributed by atoms with Crippen LogP contribution in [0.5, 0.6) is 0 Å². The molecule has 2 heterocycles. The van der Waals surface area contributed by atoms with E-state index < -0.39 is 17.6 Å². The Balaban J connectivity index is 1.65. The lowest BCUT2D eigenvalue weighted by atomic mass is 10.0. The number of ether oxygens (including phenoxy) is 2. The van der Waals surface area contributed by atoms with E-state index in [2.05, 4.69) is 5.32 Å². The molecule has 2 amide bonds. The molecule has 1 aromatic rings. The average molecular weight is 346 g/mol. The molecule has 2 aliphatic rings. The number of aryl methyl sites for hydroxylation is 2. The molecule has 0 bridgehead atoms. The van der Waals surface area contributed by atoms with Crippen molar-refractivity contribution in [2.75, 3.05) is 31.6 Å². The fourth-order valence-corrected chi connectivity index (χ4v) is 3.55. The fourth-order valence-electron chi connectivity index (χ4n) is 3.55. The number of carbonyl (C=O) groups excluding carboxylic acids is 2. The van der Waals surface area contributed by atoms with Crippen molar-refractivity contribution in [2.45, 2.75) is 45.3 Å². The van der Waals surface area contributed by atoms with Gasteiger partial charge in [-0.2, -0.15) is 0 Å². The van der Waals surface area contributed by atoms with Crippen LogP contribution >= 0.6 is 0 Å². The zero-order valence-corrected chi connectivity index (χ0v) is 15.0. The fraction of sp³-hybridized carbons (Fsp3) is 0.579. The molecule has 1 aromatic carbocycles. The lowest BCUT2D eigenvalue weighted by molar-refractivity contribution is -0.187. The van der Waals surface area contributed by atoms with E-state index in [1.165, 1.54) is 0 Å². The Kier molecular flexibility index (Phi) is 5.39. The third kappa shape index (κ3) is 3.70. The molecule has 0 unspecified atom stereocenters. The van der Waals surface area contributed by atoms with Crippen molar-refractivity contribution in [3.05, 3.63) is 29.3 Å². The van der Waals surface area contributed by atoms with E-state index in [1.807, 2.05) is 32.0 Å². The second-order valence-electron chi connectivity index (χ2n) is 6.51. The van der Waals surface area contributed by atoms with Crippen LogP contribution in [0.25, 0.3) is 0 Å². The second kappa shape index (κ2) is 7.54. The van der Waals surface area contributed by atoms with Gasteiger partial charge in [0, 0.05) is 31.6 Å². The van der Waals surface area contributed by atoms with Crippen molar-refractivity contribution in [3.63, 3.8) is 0 Å². The number of rotatable bonds is 3. The van der Waals surface area contributed by atoms with E-state index >= 15 is 0 Å². The third-order valence-corrected chi connectivity index (χ3v) is 5.06. The second-order valence-corrected chi connectivity index (χ2v) is 6.51. The smallest absolute Gasteiger partial charge is 0.313 e. The van der Waals surface area contributed by atoms with Gasteiger partial charge in [0.25, 0.3) is 0 Å². The maximum Gasteiger partial charge on any atom is 0.313 e. The van der Waals surface area contributed by atoms with Gasteiger partial charge >= 0.3 is 11.8 Å². The van der Waals surface area contributed by atoms with Crippen LogP contribution in [0.2, 0.25) is 0 Å². The number of hydrogen-bond donors (Lipinski definition) is 1. The van der Waals surface area contributed by atoms with Crippen molar-refractivity contribution in [2.24, 2.45) is 0 Å². The first-order valence-electron chi connectivity index (χ1n) is 9.07. The summed E-state index contributed by atoms with van der Waals surface area (Å²) in [6.07, 6.45) is 2.83. The number of anilines is 1. The molecular weight excluding hydrogens is 320 g/mol. The molecule has 0 atom stereocenters. The molecule has 2 fully saturated rings. The summed E-state index contributed by atoms with van der Waals surface area (Å²) in [5.74, 6) is -1.60. The van der Waals surface area contributed by atoms with Crippen molar-refractivity contribution >= 4 is 17.5 Å². The summed E-state index contributed by atoms with van der Waals surface area (Å²) in [5, 5.41) is 2.85. The highest BCUT2D eigenvalue weighted by Gasteiger charge is 2.41. The van der Waals surface area contributed by atoms with E-state index in [0.717, 1.165) is 29.7 Å². The number of nitrogens with one attached hydrogen (secondary N) is 1. The number of piperidine rings is 1. The van der Waals surface area contributed by atoms with Crippen LogP contribution < -0.4 is 5.32 Å². The monoisotopic (exact) mass is 346 g/mol. The first-order valence-corrected chi connectivity index (χ1v) is 9.07. The van der Waals surface area contributed by atoms with E-state index in [4.69, 9.17) is 9.47 Å². The first-order chi connectivity index (χ1) is 12.1. The van der Waals surface area contributed by atoms with Gasteiger partial charge in [-0.05, 0) is 24.0 Å². The van der Waals surface area contributed by atoms with Gasteiger partial charge in [0.15, 0.2) is 5.79 Å². The highest BCUT2D eigenvalue weighted by molar-refractivity contribution is 6.39. The Morgan fingerprint density at radius 1 is 1.08 bits per heavy atom. The molecule has 6 heteroatoms. The zero-order valence-electron chi connectivity index (χ0n) is 15.0. The minimum atomic E-state index is -0.570. The van der Waals surface area contributed by atoms with Crippen LogP contribution in [0.3, 0.4) is 0 Å². The number of para-hydroxylation sites is 1. The predicted molar refractivity (Wildman–Crippen MR) is 94.3 cm³/mol. The average Bonchev–Trinajstić information content (AvgIpc) is 3.09. The first kappa shape index (κ1) is 17.9. The highest BCUT2D eigenvalue weighted by Crippen LogP contribution is 2.31. The molecule has 0 radical (unpaired) electrons. The summed E-state index contributed by atoms with van der Waals surface area (Å²) in [7, 11) is 0. The van der Waals surface area contributed by atoms with E-state index in [9.17, 15) is 9.59 Å². The largest absolute Gasteiger partial charge is 0.347 e. The van der Waals surface area contributed by atoms with Crippen molar-refractivity contribution in [3.8, 4) is 0 Å². The number of hydrogen-bond acceptors (Lipinski definition) is 4. The molecular formula is C19H26N2O4. The molecule has 1 N–H and O–H groups in total. The van der Waals surface area contributed by atoms with Crippen molar-refractivity contribution < 1.29 is 19.1 Å². The number of amides is 2. The molecule has 0 aromatic heterocycles. The molecule has 0 saturated carbocycles. The summed E-state index contributed by atoms with van der Waals surface area (Å²) >= 11 is 0. The molecule has 136 valence electrons. The van der Waals surface area contributed by atoms with E-state index in [1.54, 1.807) is 4.90 Å². The van der Waals surface area contributed by atoms with Crippen LogP contribution in [0.4, 0.5) is 5.69 Å². The van der Waals surface area contributed by atoms with Crippen LogP contribution in [0.15, 0.2) is 18.2 Å². The number of carbonyl (C=O) groups is 2. The summed E-state index contributed by atoms with van der Waals surface area (Å²) in [4.78, 5) is 26.6. The molecule has 1 spiro atoms. The lowest BCUT2D eigenvalue weighted by Crippen LogP contribution is -2.50. The van der Waals surface area contributed by atoms with Crippen LogP contribution in [0, 0.1) is 0 Å². The van der Waals surface area contributed by atoms with Crippen molar-refractivity contribution in [1.82, 2.24) is 4.90 Å². The van der Waals surface area contributed by atoms with Gasteiger partial charge < -0.3 is 19.7 Å². The van der Waals surface area contributed by atoms with Gasteiger partial charge in [-0.3, -0.25) is 9.59 Å². The van der Waals surface area contributed by atoms with Gasteiger partial charge in [-0.25, -0.2) is 0 Å². The molecule has 25 heavy (non-hydrogen) atoms. The topological polar surface area (TPSA) is 67.9 Å². The Morgan fingerprint density at radius 2 is 1.64 bits per heavy atom. The van der Waals surface area contributed by atoms with Gasteiger partial charge in [-0.1, -0.05) is 32.0 Å². The van der Waals surface area contributed by atoms with Crippen LogP contribution in [-0.4, -0.2) is 48.8 Å². The van der Waals surface area contributed by atoms with Gasteiger partial charge in [0.1, 0.15) is 0 Å². The Labute approximate surface area is 148 Å². The standard InChI is InChI=1S/C19H26N2O4/c1-3-14-6-5-7-15(4-2)16(14)20-17(22)18(23)21-10-8-19(9-11-21)24-12-13-25-19/h5-7H,3-4,8-13H2,1-2H3,(H,20,22). The van der Waals surface area contributed by atoms with Crippen LogP contribution in [0.1, 0.15) is 37.8 Å². The molecule has 2 saturated heterocycles. The van der Waals surface area contributed by atoms with Crippen molar-refractivity contribution in [1.29, 1.82) is 0 Å². The third-order valence-electron chi connectivity index (χ3n) is 5.06.